The molecule has 1 aromatic rings. The van der Waals surface area contributed by atoms with Crippen LogP contribution in [-0.4, -0.2) is 7.11 Å². The van der Waals surface area contributed by atoms with Gasteiger partial charge in [0.25, 0.3) is 0 Å². The molecule has 0 aromatic heterocycles. The molecule has 126 valence electrons. The molecule has 0 amide bonds. The first-order chi connectivity index (χ1) is 10.4. The molecule has 2 heteroatoms. The topological polar surface area (TPSA) is 9.23 Å². The van der Waals surface area contributed by atoms with Crippen LogP contribution in [0, 0.1) is 0 Å². The number of unbranched alkanes of at least 4 members (excludes halogenated alkanes) is 4. The predicted molar refractivity (Wildman–Crippen MR) is 101 cm³/mol. The Labute approximate surface area is 146 Å². The van der Waals surface area contributed by atoms with Gasteiger partial charge in [-0.1, -0.05) is 67.6 Å². The molecule has 1 nitrogen and oxygen atoms in total. The van der Waals surface area contributed by atoms with E-state index < -0.39 is 0 Å². The number of hydrogen-bond acceptors (Lipinski definition) is 1. The van der Waals surface area contributed by atoms with Crippen molar-refractivity contribution in [2.24, 2.45) is 0 Å². The van der Waals surface area contributed by atoms with Gasteiger partial charge in [-0.3, -0.25) is 0 Å². The third-order valence-electron chi connectivity index (χ3n) is 4.19. The summed E-state index contributed by atoms with van der Waals surface area (Å²) in [4.78, 5) is 0. The number of hydrogen-bond donors (Lipinski definition) is 0. The fraction of sp³-hybridized carbons (Fsp3) is 0.700. The van der Waals surface area contributed by atoms with E-state index in [1.807, 2.05) is 0 Å². The normalized spacial score (nSPS) is 11.7. The van der Waals surface area contributed by atoms with Gasteiger partial charge in [0.05, 0.1) is 7.11 Å². The third kappa shape index (κ3) is 5.95. The minimum Gasteiger partial charge on any atom is -0.496 e. The van der Waals surface area contributed by atoms with Gasteiger partial charge in [-0.2, -0.15) is 0 Å². The number of benzene rings is 1. The van der Waals surface area contributed by atoms with E-state index in [9.17, 15) is 0 Å². The maximum atomic E-state index is 5.78. The second-order valence-electron chi connectivity index (χ2n) is 6.72. The number of aryl methyl sites for hydroxylation is 2. The summed E-state index contributed by atoms with van der Waals surface area (Å²) < 4.78 is 5.73. The first-order valence-electron chi connectivity index (χ1n) is 8.83. The molecule has 0 saturated carbocycles. The summed E-state index contributed by atoms with van der Waals surface area (Å²) >= 11 is 3.83. The summed E-state index contributed by atoms with van der Waals surface area (Å²) in [5.74, 6) is 1.08. The Balaban J connectivity index is 3.11. The van der Waals surface area contributed by atoms with Crippen molar-refractivity contribution in [3.05, 3.63) is 28.8 Å². The van der Waals surface area contributed by atoms with E-state index in [2.05, 4.69) is 55.8 Å². The maximum Gasteiger partial charge on any atom is 0.126 e. The van der Waals surface area contributed by atoms with E-state index >= 15 is 0 Å². The average Bonchev–Trinajstić information content (AvgIpc) is 2.46. The van der Waals surface area contributed by atoms with E-state index in [-0.39, 0.29) is 4.32 Å². The van der Waals surface area contributed by atoms with E-state index in [0.717, 1.165) is 12.2 Å². The number of halogens is 1. The van der Waals surface area contributed by atoms with E-state index in [1.54, 1.807) is 7.11 Å². The highest BCUT2D eigenvalue weighted by molar-refractivity contribution is 9.09. The largest absolute Gasteiger partial charge is 0.496 e. The quantitative estimate of drug-likeness (QED) is 0.326. The lowest BCUT2D eigenvalue weighted by atomic mass is 9.92. The van der Waals surface area contributed by atoms with Crippen molar-refractivity contribution < 1.29 is 4.74 Å². The van der Waals surface area contributed by atoms with Crippen molar-refractivity contribution in [2.75, 3.05) is 7.11 Å². The molecule has 0 unspecified atom stereocenters. The molecule has 0 bridgehead atoms. The summed E-state index contributed by atoms with van der Waals surface area (Å²) in [6.07, 6.45) is 9.95. The highest BCUT2D eigenvalue weighted by Gasteiger charge is 2.23. The van der Waals surface area contributed by atoms with E-state index in [1.165, 1.54) is 61.6 Å². The van der Waals surface area contributed by atoms with Crippen LogP contribution in [-0.2, 0) is 17.2 Å². The van der Waals surface area contributed by atoms with Crippen molar-refractivity contribution in [1.29, 1.82) is 0 Å². The van der Waals surface area contributed by atoms with E-state index in [0.29, 0.717) is 0 Å². The first kappa shape index (κ1) is 19.5. The summed E-state index contributed by atoms with van der Waals surface area (Å²) in [5.41, 5.74) is 4.13. The molecule has 0 heterocycles. The molecule has 0 N–H and O–H groups in total. The van der Waals surface area contributed by atoms with Crippen LogP contribution in [0.3, 0.4) is 0 Å². The maximum absolute atomic E-state index is 5.78. The Morgan fingerprint density at radius 3 is 2.05 bits per heavy atom. The minimum absolute atomic E-state index is 0.0569. The number of methoxy groups -OCH3 is 1. The Morgan fingerprint density at radius 2 is 1.55 bits per heavy atom. The third-order valence-corrected chi connectivity index (χ3v) is 4.62. The van der Waals surface area contributed by atoms with Crippen LogP contribution in [0.15, 0.2) is 12.1 Å². The summed E-state index contributed by atoms with van der Waals surface area (Å²) in [6, 6.07) is 4.72. The lowest BCUT2D eigenvalue weighted by molar-refractivity contribution is 0.400. The van der Waals surface area contributed by atoms with Gasteiger partial charge in [0.1, 0.15) is 5.75 Å². The molecule has 0 radical (unpaired) electrons. The Morgan fingerprint density at radius 1 is 0.955 bits per heavy atom. The lowest BCUT2D eigenvalue weighted by Crippen LogP contribution is -2.12. The minimum atomic E-state index is -0.0569. The lowest BCUT2D eigenvalue weighted by Gasteiger charge is -2.24. The van der Waals surface area contributed by atoms with Crippen molar-refractivity contribution in [2.45, 2.75) is 83.4 Å². The van der Waals surface area contributed by atoms with Gasteiger partial charge in [-0.15, -0.1) is 0 Å². The number of alkyl halides is 1. The molecule has 1 aromatic carbocycles. The van der Waals surface area contributed by atoms with Crippen molar-refractivity contribution in [1.82, 2.24) is 0 Å². The zero-order chi connectivity index (χ0) is 16.6. The number of ether oxygens (including phenoxy) is 1. The molecule has 0 saturated heterocycles. The highest BCUT2D eigenvalue weighted by atomic mass is 79.9. The summed E-state index contributed by atoms with van der Waals surface area (Å²) in [6.45, 7) is 8.93. The zero-order valence-corrected chi connectivity index (χ0v) is 16.7. The van der Waals surface area contributed by atoms with Crippen LogP contribution in [0.25, 0.3) is 0 Å². The molecule has 0 spiro atoms. The highest BCUT2D eigenvalue weighted by Crippen LogP contribution is 2.40. The molecule has 0 aliphatic rings. The van der Waals surface area contributed by atoms with Gasteiger partial charge in [0.15, 0.2) is 0 Å². The number of rotatable bonds is 10. The standard InChI is InChI=1S/C20H33BrO/c1-6-8-10-12-16-14-17(13-11-9-7-2)19(22-5)18(15-16)20(3,4)21/h14-15H,6-13H2,1-5H3. The van der Waals surface area contributed by atoms with Crippen LogP contribution in [0.2, 0.25) is 0 Å². The van der Waals surface area contributed by atoms with Crippen molar-refractivity contribution in [3.63, 3.8) is 0 Å². The predicted octanol–water partition coefficient (Wildman–Crippen LogP) is 6.79. The monoisotopic (exact) mass is 368 g/mol. The van der Waals surface area contributed by atoms with Gasteiger partial charge >= 0.3 is 0 Å². The average molecular weight is 369 g/mol. The van der Waals surface area contributed by atoms with Gasteiger partial charge in [-0.25, -0.2) is 0 Å². The van der Waals surface area contributed by atoms with Crippen LogP contribution in [0.5, 0.6) is 5.75 Å². The Kier molecular flexibility index (Phi) is 8.53. The molecule has 1 rings (SSSR count). The molecular formula is C20H33BrO. The second-order valence-corrected chi connectivity index (χ2v) is 8.70. The smallest absolute Gasteiger partial charge is 0.126 e. The summed E-state index contributed by atoms with van der Waals surface area (Å²) in [5, 5.41) is 0. The fourth-order valence-corrected chi connectivity index (χ4v) is 3.21. The molecule has 0 atom stereocenters. The van der Waals surface area contributed by atoms with Gasteiger partial charge in [-0.05, 0) is 50.7 Å². The first-order valence-corrected chi connectivity index (χ1v) is 9.62. The van der Waals surface area contributed by atoms with Gasteiger partial charge in [0.2, 0.25) is 0 Å². The van der Waals surface area contributed by atoms with Crippen molar-refractivity contribution in [3.8, 4) is 5.75 Å². The zero-order valence-electron chi connectivity index (χ0n) is 15.1. The molecular weight excluding hydrogens is 336 g/mol. The molecule has 0 aliphatic carbocycles. The van der Waals surface area contributed by atoms with Gasteiger partial charge in [0, 0.05) is 9.89 Å². The van der Waals surface area contributed by atoms with Crippen molar-refractivity contribution >= 4 is 15.9 Å². The summed E-state index contributed by atoms with van der Waals surface area (Å²) in [7, 11) is 1.80. The van der Waals surface area contributed by atoms with Crippen LogP contribution < -0.4 is 4.74 Å². The Hall–Kier alpha value is -0.500. The molecule has 0 fully saturated rings. The van der Waals surface area contributed by atoms with Crippen LogP contribution >= 0.6 is 15.9 Å². The second kappa shape index (κ2) is 9.60. The van der Waals surface area contributed by atoms with Crippen LogP contribution in [0.1, 0.15) is 82.9 Å². The van der Waals surface area contributed by atoms with E-state index in [4.69, 9.17) is 4.74 Å². The molecule has 0 aliphatic heterocycles. The Bertz CT molecular complexity index is 446. The SMILES string of the molecule is CCCCCc1cc(CCCCC)c(OC)c(C(C)(C)Br)c1. The van der Waals surface area contributed by atoms with Gasteiger partial charge < -0.3 is 4.74 Å². The van der Waals surface area contributed by atoms with Crippen LogP contribution in [0.4, 0.5) is 0 Å². The fourth-order valence-electron chi connectivity index (χ4n) is 2.91. The molecule has 22 heavy (non-hydrogen) atoms.